The fourth-order valence-electron chi connectivity index (χ4n) is 13.4. The fraction of sp³-hybridized carbons (Fsp3) is 0.143. The molecule has 11 aromatic rings. The Balaban J connectivity index is 1.15. The van der Waals surface area contributed by atoms with Crippen LogP contribution in [0.15, 0.2) is 197 Å². The molecule has 5 heterocycles. The molecule has 0 saturated carbocycles. The summed E-state index contributed by atoms with van der Waals surface area (Å²) in [6.07, 6.45) is 2.28. The Morgan fingerprint density at radius 3 is 1.81 bits per heavy atom. The molecule has 0 atom stereocenters. The Morgan fingerprint density at radius 2 is 1.07 bits per heavy atom. The van der Waals surface area contributed by atoms with E-state index in [0.717, 1.165) is 79.2 Å². The van der Waals surface area contributed by atoms with Crippen molar-refractivity contribution < 1.29 is 8.83 Å². The van der Waals surface area contributed by atoms with Crippen molar-refractivity contribution in [1.29, 1.82) is 0 Å². The Labute approximate surface area is 396 Å². The van der Waals surface area contributed by atoms with E-state index < -0.39 is 5.41 Å². The third-order valence-electron chi connectivity index (χ3n) is 16.6. The van der Waals surface area contributed by atoms with E-state index in [2.05, 4.69) is 225 Å². The Morgan fingerprint density at radius 1 is 0.456 bits per heavy atom. The molecular weight excluding hydrogens is 828 g/mol. The highest BCUT2D eigenvalue weighted by Crippen LogP contribution is 2.61. The van der Waals surface area contributed by atoms with Crippen LogP contribution >= 0.6 is 0 Å². The van der Waals surface area contributed by atoms with E-state index in [1.165, 1.54) is 61.4 Å². The Kier molecular flexibility index (Phi) is 7.46. The largest absolute Gasteiger partial charge is 0.455 e. The number of hydrogen-bond acceptors (Lipinski definition) is 4. The van der Waals surface area contributed by atoms with Crippen LogP contribution in [0.25, 0.3) is 55.0 Å². The number of para-hydroxylation sites is 4. The summed E-state index contributed by atoms with van der Waals surface area (Å²) in [5, 5.41) is 4.44. The predicted molar refractivity (Wildman–Crippen MR) is 282 cm³/mol. The van der Waals surface area contributed by atoms with Crippen LogP contribution in [0.2, 0.25) is 0 Å². The quantitative estimate of drug-likeness (QED) is 0.166. The average molecular weight is 875 g/mol. The Bertz CT molecular complexity index is 3910. The lowest BCUT2D eigenvalue weighted by Gasteiger charge is -2.52. The van der Waals surface area contributed by atoms with E-state index in [1.807, 2.05) is 0 Å². The molecule has 1 aliphatic carbocycles. The first-order valence-corrected chi connectivity index (χ1v) is 24.3. The predicted octanol–water partition coefficient (Wildman–Crippen LogP) is 15.2. The summed E-state index contributed by atoms with van der Waals surface area (Å²) in [5.74, 6) is 0. The molecule has 0 bridgehead atoms. The minimum Gasteiger partial charge on any atom is -0.455 e. The van der Waals surface area contributed by atoms with E-state index in [0.29, 0.717) is 0 Å². The Hall–Kier alpha value is -7.76. The lowest BCUT2D eigenvalue weighted by atomic mass is 9.42. The van der Waals surface area contributed by atoms with E-state index in [1.54, 1.807) is 0 Å². The van der Waals surface area contributed by atoms with E-state index in [-0.39, 0.29) is 17.7 Å². The van der Waals surface area contributed by atoms with Crippen LogP contribution in [0, 0.1) is 0 Å². The van der Waals surface area contributed by atoms with Gasteiger partial charge in [0.25, 0.3) is 0 Å². The number of hydrogen-bond donors (Lipinski definition) is 0. The highest BCUT2D eigenvalue weighted by molar-refractivity contribution is 6.94. The summed E-state index contributed by atoms with van der Waals surface area (Å²) in [4.78, 5) is 5.28. The minimum atomic E-state index is -0.626. The van der Waals surface area contributed by atoms with Crippen molar-refractivity contribution in [3.63, 3.8) is 0 Å². The normalized spacial score (nSPS) is 16.7. The van der Waals surface area contributed by atoms with Crippen LogP contribution in [0.1, 0.15) is 73.9 Å². The SMILES string of the molecule is CC1(C)CCC(C)(C)c2cc(N3B4c5cccc6c5N(c5ccccc5C6(c5ccccc5)c5ccccc5)c5cc6c(oc7ccccc76)c(c54)-c4ccc5c(oc6ccccc65)c43)ccc21. The van der Waals surface area contributed by atoms with Gasteiger partial charge < -0.3 is 18.5 Å². The van der Waals surface area contributed by atoms with Crippen LogP contribution in [0.3, 0.4) is 0 Å². The lowest BCUT2D eigenvalue weighted by molar-refractivity contribution is 0.332. The molecule has 68 heavy (non-hydrogen) atoms. The van der Waals surface area contributed by atoms with Crippen molar-refractivity contribution in [3.8, 4) is 11.1 Å². The van der Waals surface area contributed by atoms with E-state index in [9.17, 15) is 0 Å². The summed E-state index contributed by atoms with van der Waals surface area (Å²) in [6.45, 7) is 9.46. The monoisotopic (exact) mass is 874 g/mol. The summed E-state index contributed by atoms with van der Waals surface area (Å²) in [5.41, 5.74) is 21.4. The molecule has 3 aliphatic heterocycles. The number of benzene rings is 9. The molecule has 2 aromatic heterocycles. The first kappa shape index (κ1) is 38.4. The number of nitrogens with zero attached hydrogens (tertiary/aromatic N) is 2. The van der Waals surface area contributed by atoms with Gasteiger partial charge in [0.2, 0.25) is 0 Å². The van der Waals surface area contributed by atoms with Crippen LogP contribution in [0.5, 0.6) is 0 Å². The minimum absolute atomic E-state index is 0.00167. The van der Waals surface area contributed by atoms with Gasteiger partial charge in [0.15, 0.2) is 5.58 Å². The second kappa shape index (κ2) is 13.2. The molecule has 0 unspecified atom stereocenters. The molecule has 4 aliphatic rings. The van der Waals surface area contributed by atoms with Crippen molar-refractivity contribution >= 4 is 90.1 Å². The number of anilines is 5. The standard InChI is InChI=1S/C63H47BN2O2/c1-61(2)34-35-62(3,4)49-36-40(30-33-46(49)61)66-57-44(32-31-43-41-22-11-15-28-53(41)68-60(43)57)55-56-52(37-45-42-23-12-16-29-54(42)67-59(45)55)65-51-27-14-13-24-47(51)63(38-18-7-5-8-19-38,39-20-9-6-10-21-39)48-25-17-26-50(58(48)65)64(56)66/h5-33,36-37H,34-35H2,1-4H3. The van der Waals surface area contributed by atoms with Crippen LogP contribution in [0.4, 0.5) is 28.4 Å². The summed E-state index contributed by atoms with van der Waals surface area (Å²) < 4.78 is 14.4. The molecule has 0 spiro atoms. The van der Waals surface area contributed by atoms with Gasteiger partial charge in [-0.2, -0.15) is 0 Å². The van der Waals surface area contributed by atoms with Crippen LogP contribution in [-0.2, 0) is 16.2 Å². The fourth-order valence-corrected chi connectivity index (χ4v) is 13.4. The zero-order valence-electron chi connectivity index (χ0n) is 38.6. The number of rotatable bonds is 3. The molecule has 0 N–H and O–H groups in total. The molecule has 15 rings (SSSR count). The zero-order chi connectivity index (χ0) is 45.3. The maximum atomic E-state index is 7.19. The molecule has 0 amide bonds. The summed E-state index contributed by atoms with van der Waals surface area (Å²) in [6, 6.07) is 70.2. The molecule has 324 valence electrons. The highest BCUT2D eigenvalue weighted by atomic mass is 16.3. The summed E-state index contributed by atoms with van der Waals surface area (Å²) in [7, 11) is 0. The maximum absolute atomic E-state index is 7.19. The van der Waals surface area contributed by atoms with Crippen molar-refractivity contribution in [2.75, 3.05) is 9.71 Å². The van der Waals surface area contributed by atoms with Crippen molar-refractivity contribution in [3.05, 3.63) is 221 Å². The van der Waals surface area contributed by atoms with Gasteiger partial charge in [-0.15, -0.1) is 0 Å². The second-order valence-electron chi connectivity index (χ2n) is 20.9. The molecular formula is C63H47BN2O2. The molecule has 5 heteroatoms. The third kappa shape index (κ3) is 4.76. The van der Waals surface area contributed by atoms with E-state index in [4.69, 9.17) is 8.83 Å². The van der Waals surface area contributed by atoms with Crippen LogP contribution in [-0.4, -0.2) is 6.85 Å². The first-order valence-electron chi connectivity index (χ1n) is 24.3. The molecule has 0 fully saturated rings. The van der Waals surface area contributed by atoms with Gasteiger partial charge in [-0.3, -0.25) is 0 Å². The van der Waals surface area contributed by atoms with Gasteiger partial charge in [-0.25, -0.2) is 0 Å². The van der Waals surface area contributed by atoms with Gasteiger partial charge in [0.05, 0.1) is 16.8 Å². The third-order valence-corrected chi connectivity index (χ3v) is 16.6. The van der Waals surface area contributed by atoms with Gasteiger partial charge in [-0.05, 0) is 110 Å². The summed E-state index contributed by atoms with van der Waals surface area (Å²) >= 11 is 0. The number of furan rings is 2. The average Bonchev–Trinajstić information content (AvgIpc) is 3.95. The molecule has 0 radical (unpaired) electrons. The van der Waals surface area contributed by atoms with Crippen molar-refractivity contribution in [2.45, 2.75) is 56.8 Å². The van der Waals surface area contributed by atoms with Crippen molar-refractivity contribution in [1.82, 2.24) is 0 Å². The zero-order valence-corrected chi connectivity index (χ0v) is 38.6. The first-order chi connectivity index (χ1) is 33.2. The lowest BCUT2D eigenvalue weighted by Crippen LogP contribution is -2.62. The second-order valence-corrected chi connectivity index (χ2v) is 20.9. The molecule has 0 saturated heterocycles. The number of fused-ring (bicyclic) bond motifs is 15. The molecule has 9 aromatic carbocycles. The van der Waals surface area contributed by atoms with Gasteiger partial charge >= 0.3 is 6.85 Å². The van der Waals surface area contributed by atoms with Crippen molar-refractivity contribution in [2.24, 2.45) is 0 Å². The maximum Gasteiger partial charge on any atom is 0.333 e. The van der Waals surface area contributed by atoms with E-state index >= 15 is 0 Å². The topological polar surface area (TPSA) is 32.8 Å². The van der Waals surface area contributed by atoms with Gasteiger partial charge in [-0.1, -0.05) is 173 Å². The van der Waals surface area contributed by atoms with Gasteiger partial charge in [0.1, 0.15) is 16.7 Å². The van der Waals surface area contributed by atoms with Crippen LogP contribution < -0.4 is 20.6 Å². The smallest absolute Gasteiger partial charge is 0.333 e. The molecule has 4 nitrogen and oxygen atoms in total. The highest BCUT2D eigenvalue weighted by Gasteiger charge is 2.54. The van der Waals surface area contributed by atoms with Gasteiger partial charge in [0, 0.05) is 49.7 Å².